The van der Waals surface area contributed by atoms with Crippen LogP contribution in [0.5, 0.6) is 0 Å². The molecule has 2 rings (SSSR count). The van der Waals surface area contributed by atoms with E-state index >= 15 is 0 Å². The highest BCUT2D eigenvalue weighted by molar-refractivity contribution is 9.11. The maximum atomic E-state index is 4.38. The van der Waals surface area contributed by atoms with Crippen LogP contribution in [0, 0.1) is 0 Å². The third kappa shape index (κ3) is 3.68. The summed E-state index contributed by atoms with van der Waals surface area (Å²) in [5.74, 6) is 1.01. The Labute approximate surface area is 136 Å². The fourth-order valence-electron chi connectivity index (χ4n) is 2.18. The molecule has 4 nitrogen and oxygen atoms in total. The Bertz CT molecular complexity index is 568. The van der Waals surface area contributed by atoms with Gasteiger partial charge in [-0.05, 0) is 37.2 Å². The van der Waals surface area contributed by atoms with Crippen LogP contribution in [-0.2, 0) is 13.0 Å². The topological polar surface area (TPSA) is 42.7 Å². The largest absolute Gasteiger partial charge is 0.313 e. The number of aryl methyl sites for hydroxylation is 1. The third-order valence-corrected chi connectivity index (χ3v) is 4.42. The highest BCUT2D eigenvalue weighted by Gasteiger charge is 2.17. The van der Waals surface area contributed by atoms with Crippen LogP contribution < -0.4 is 5.32 Å². The van der Waals surface area contributed by atoms with E-state index in [0.717, 1.165) is 34.2 Å². The maximum Gasteiger partial charge on any atom is 0.138 e. The molecule has 1 heterocycles. The lowest BCUT2D eigenvalue weighted by Gasteiger charge is -2.18. The summed E-state index contributed by atoms with van der Waals surface area (Å²) >= 11 is 7.15. The average Bonchev–Trinajstić information content (AvgIpc) is 2.87. The van der Waals surface area contributed by atoms with Gasteiger partial charge in [0, 0.05) is 28.0 Å². The maximum absolute atomic E-state index is 4.38. The molecule has 1 N–H and O–H groups in total. The first kappa shape index (κ1) is 15.7. The smallest absolute Gasteiger partial charge is 0.138 e. The van der Waals surface area contributed by atoms with Crippen molar-refractivity contribution in [3.8, 4) is 0 Å². The molecule has 1 aromatic heterocycles. The van der Waals surface area contributed by atoms with Crippen molar-refractivity contribution in [1.29, 1.82) is 0 Å². The second-order valence-corrected chi connectivity index (χ2v) is 6.38. The quantitative estimate of drug-likeness (QED) is 0.801. The van der Waals surface area contributed by atoms with Crippen LogP contribution in [0.25, 0.3) is 0 Å². The highest BCUT2D eigenvalue weighted by atomic mass is 79.9. The van der Waals surface area contributed by atoms with Crippen molar-refractivity contribution in [3.05, 3.63) is 44.9 Å². The zero-order valence-electron chi connectivity index (χ0n) is 11.6. The van der Waals surface area contributed by atoms with E-state index in [4.69, 9.17) is 0 Å². The fourth-order valence-corrected chi connectivity index (χ4v) is 3.08. The molecule has 6 heteroatoms. The molecule has 1 atom stereocenters. The fraction of sp³-hybridized carbons (Fsp3) is 0.429. The minimum atomic E-state index is 0.196. The van der Waals surface area contributed by atoms with E-state index in [-0.39, 0.29) is 6.04 Å². The van der Waals surface area contributed by atoms with Gasteiger partial charge < -0.3 is 5.32 Å². The SMILES string of the molecule is CCCn1ncnc1CC(NC)c1cc(Br)ccc1Br. The minimum Gasteiger partial charge on any atom is -0.313 e. The lowest BCUT2D eigenvalue weighted by Crippen LogP contribution is -2.21. The van der Waals surface area contributed by atoms with Gasteiger partial charge in [0.2, 0.25) is 0 Å². The predicted molar refractivity (Wildman–Crippen MR) is 87.7 cm³/mol. The standard InChI is InChI=1S/C14H18Br2N4/c1-3-6-20-14(18-9-19-20)8-13(17-2)11-7-10(15)4-5-12(11)16/h4-5,7,9,13,17H,3,6,8H2,1-2H3. The molecule has 0 amide bonds. The molecule has 2 aromatic rings. The van der Waals surface area contributed by atoms with Gasteiger partial charge >= 0.3 is 0 Å². The first-order valence-corrected chi connectivity index (χ1v) is 8.23. The van der Waals surface area contributed by atoms with Crippen molar-refractivity contribution in [2.24, 2.45) is 0 Å². The van der Waals surface area contributed by atoms with E-state index in [1.807, 2.05) is 17.8 Å². The number of aromatic nitrogens is 3. The van der Waals surface area contributed by atoms with Crippen molar-refractivity contribution < 1.29 is 0 Å². The summed E-state index contributed by atoms with van der Waals surface area (Å²) in [5.41, 5.74) is 1.22. The molecule has 0 saturated heterocycles. The van der Waals surface area contributed by atoms with Crippen LogP contribution in [0.4, 0.5) is 0 Å². The number of likely N-dealkylation sites (N-methyl/N-ethyl adjacent to an activating group) is 1. The number of hydrogen-bond acceptors (Lipinski definition) is 3. The van der Waals surface area contributed by atoms with Gasteiger partial charge in [-0.15, -0.1) is 0 Å². The Morgan fingerprint density at radius 1 is 1.35 bits per heavy atom. The van der Waals surface area contributed by atoms with Crippen LogP contribution in [0.3, 0.4) is 0 Å². The molecular formula is C14H18Br2N4. The van der Waals surface area contributed by atoms with Gasteiger partial charge in [-0.3, -0.25) is 4.68 Å². The Morgan fingerprint density at radius 2 is 2.15 bits per heavy atom. The monoisotopic (exact) mass is 400 g/mol. The van der Waals surface area contributed by atoms with Crippen molar-refractivity contribution in [3.63, 3.8) is 0 Å². The van der Waals surface area contributed by atoms with Crippen molar-refractivity contribution in [1.82, 2.24) is 20.1 Å². The van der Waals surface area contributed by atoms with Gasteiger partial charge in [0.15, 0.2) is 0 Å². The molecule has 0 saturated carbocycles. The van der Waals surface area contributed by atoms with Crippen LogP contribution in [0.15, 0.2) is 33.5 Å². The summed E-state index contributed by atoms with van der Waals surface area (Å²) in [6.45, 7) is 3.05. The molecular weight excluding hydrogens is 384 g/mol. The lowest BCUT2D eigenvalue weighted by molar-refractivity contribution is 0.516. The zero-order valence-corrected chi connectivity index (χ0v) is 14.8. The first-order chi connectivity index (χ1) is 9.65. The van der Waals surface area contributed by atoms with E-state index in [2.05, 4.69) is 66.3 Å². The van der Waals surface area contributed by atoms with Crippen LogP contribution in [0.1, 0.15) is 30.8 Å². The Kier molecular flexibility index (Phi) is 5.74. The normalized spacial score (nSPS) is 12.6. The molecule has 0 fully saturated rings. The number of halogens is 2. The number of benzene rings is 1. The predicted octanol–water partition coefficient (Wildman–Crippen LogP) is 3.72. The molecule has 0 aliphatic heterocycles. The summed E-state index contributed by atoms with van der Waals surface area (Å²) in [5, 5.41) is 7.65. The lowest BCUT2D eigenvalue weighted by atomic mass is 10.0. The summed E-state index contributed by atoms with van der Waals surface area (Å²) in [6.07, 6.45) is 3.50. The second kappa shape index (κ2) is 7.33. The van der Waals surface area contributed by atoms with Crippen molar-refractivity contribution in [2.75, 3.05) is 7.05 Å². The van der Waals surface area contributed by atoms with Gasteiger partial charge in [-0.2, -0.15) is 5.10 Å². The van der Waals surface area contributed by atoms with Gasteiger partial charge in [-0.25, -0.2) is 4.98 Å². The third-order valence-electron chi connectivity index (χ3n) is 3.20. The average molecular weight is 402 g/mol. The van der Waals surface area contributed by atoms with Crippen molar-refractivity contribution >= 4 is 31.9 Å². The second-order valence-electron chi connectivity index (χ2n) is 4.61. The van der Waals surface area contributed by atoms with E-state index in [1.54, 1.807) is 6.33 Å². The zero-order chi connectivity index (χ0) is 14.5. The summed E-state index contributed by atoms with van der Waals surface area (Å²) in [4.78, 5) is 4.38. The molecule has 108 valence electrons. The molecule has 0 aliphatic rings. The van der Waals surface area contributed by atoms with Gasteiger partial charge in [0.05, 0.1) is 0 Å². The number of nitrogens with zero attached hydrogens (tertiary/aromatic N) is 3. The van der Waals surface area contributed by atoms with Crippen LogP contribution in [0.2, 0.25) is 0 Å². The Morgan fingerprint density at radius 3 is 2.85 bits per heavy atom. The first-order valence-electron chi connectivity index (χ1n) is 6.64. The van der Waals surface area contributed by atoms with Crippen LogP contribution in [-0.4, -0.2) is 21.8 Å². The number of nitrogens with one attached hydrogen (secondary N) is 1. The van der Waals surface area contributed by atoms with E-state index < -0.39 is 0 Å². The van der Waals surface area contributed by atoms with E-state index in [0.29, 0.717) is 0 Å². The minimum absolute atomic E-state index is 0.196. The molecule has 0 bridgehead atoms. The molecule has 20 heavy (non-hydrogen) atoms. The van der Waals surface area contributed by atoms with E-state index in [9.17, 15) is 0 Å². The van der Waals surface area contributed by atoms with Crippen LogP contribution >= 0.6 is 31.9 Å². The molecule has 1 aromatic carbocycles. The summed E-state index contributed by atoms with van der Waals surface area (Å²) < 4.78 is 4.16. The Balaban J connectivity index is 2.24. The number of hydrogen-bond donors (Lipinski definition) is 1. The highest BCUT2D eigenvalue weighted by Crippen LogP contribution is 2.28. The van der Waals surface area contributed by atoms with E-state index in [1.165, 1.54) is 5.56 Å². The molecule has 0 aliphatic carbocycles. The van der Waals surface area contributed by atoms with Gasteiger partial charge in [0.25, 0.3) is 0 Å². The molecule has 0 spiro atoms. The summed E-state index contributed by atoms with van der Waals surface area (Å²) in [7, 11) is 1.97. The molecule has 0 radical (unpaired) electrons. The summed E-state index contributed by atoms with van der Waals surface area (Å²) in [6, 6.07) is 6.41. The van der Waals surface area contributed by atoms with Gasteiger partial charge in [-0.1, -0.05) is 38.8 Å². The Hall–Kier alpha value is -0.720. The molecule has 1 unspecified atom stereocenters. The number of rotatable bonds is 6. The van der Waals surface area contributed by atoms with Gasteiger partial charge in [0.1, 0.15) is 12.2 Å². The van der Waals surface area contributed by atoms with Crippen molar-refractivity contribution in [2.45, 2.75) is 32.4 Å².